The van der Waals surface area contributed by atoms with Crippen LogP contribution < -0.4 is 14.8 Å². The molecule has 1 heterocycles. The Morgan fingerprint density at radius 3 is 2.73 bits per heavy atom. The zero-order valence-corrected chi connectivity index (χ0v) is 19.7. The molecule has 0 unspecified atom stereocenters. The van der Waals surface area contributed by atoms with Gasteiger partial charge < -0.3 is 19.7 Å². The first kappa shape index (κ1) is 22.6. The van der Waals surface area contributed by atoms with Crippen LogP contribution in [0.4, 0.5) is 5.69 Å². The van der Waals surface area contributed by atoms with Crippen molar-refractivity contribution in [1.82, 2.24) is 9.80 Å². The lowest BCUT2D eigenvalue weighted by molar-refractivity contribution is -0.121. The summed E-state index contributed by atoms with van der Waals surface area (Å²) in [7, 11) is 5.67. The molecule has 1 amide bonds. The molecule has 0 spiro atoms. The van der Waals surface area contributed by atoms with Crippen LogP contribution in [0.3, 0.4) is 0 Å². The third-order valence-electron chi connectivity index (χ3n) is 5.35. The van der Waals surface area contributed by atoms with Gasteiger partial charge >= 0.3 is 0 Å². The Labute approximate surface area is 187 Å². The quantitative estimate of drug-likeness (QED) is 0.629. The maximum absolute atomic E-state index is 13.3. The third kappa shape index (κ3) is 5.53. The van der Waals surface area contributed by atoms with E-state index >= 15 is 0 Å². The Hall–Kier alpha value is -2.09. The highest BCUT2D eigenvalue weighted by Crippen LogP contribution is 2.31. The first-order chi connectivity index (χ1) is 14.4. The fourth-order valence-electron chi connectivity index (χ4n) is 3.60. The second-order valence-electron chi connectivity index (χ2n) is 7.70. The molecular weight excluding hydrogens is 446 g/mol. The smallest absolute Gasteiger partial charge is 0.242 e. The van der Waals surface area contributed by atoms with E-state index in [0.717, 1.165) is 35.4 Å². The Kier molecular flexibility index (Phi) is 7.75. The summed E-state index contributed by atoms with van der Waals surface area (Å²) in [5.74, 6) is 1.47. The number of benzene rings is 2. The fraction of sp³-hybridized carbons (Fsp3) is 0.435. The van der Waals surface area contributed by atoms with Gasteiger partial charge in [0.05, 0.1) is 18.8 Å². The molecule has 1 aliphatic heterocycles. The van der Waals surface area contributed by atoms with E-state index in [0.29, 0.717) is 24.5 Å². The number of nitrogens with one attached hydrogen (secondary N) is 1. The van der Waals surface area contributed by atoms with Crippen LogP contribution in [0.2, 0.25) is 0 Å². The number of amides is 1. The molecule has 6 nitrogen and oxygen atoms in total. The van der Waals surface area contributed by atoms with Crippen LogP contribution in [0.1, 0.15) is 18.1 Å². The average molecular weight is 476 g/mol. The summed E-state index contributed by atoms with van der Waals surface area (Å²) in [5, 5.41) is 3.10. The number of ether oxygens (including phenoxy) is 2. The Bertz CT molecular complexity index is 888. The average Bonchev–Trinajstić information content (AvgIpc) is 2.73. The molecule has 0 fully saturated rings. The van der Waals surface area contributed by atoms with Crippen molar-refractivity contribution in [3.05, 3.63) is 52.0 Å². The molecule has 30 heavy (non-hydrogen) atoms. The number of hydrogen-bond acceptors (Lipinski definition) is 5. The minimum Gasteiger partial charge on any atom is -0.497 e. The predicted molar refractivity (Wildman–Crippen MR) is 123 cm³/mol. The summed E-state index contributed by atoms with van der Waals surface area (Å²) in [6, 6.07) is 11.5. The van der Waals surface area contributed by atoms with Crippen LogP contribution >= 0.6 is 15.9 Å². The van der Waals surface area contributed by atoms with Gasteiger partial charge in [-0.2, -0.15) is 0 Å². The van der Waals surface area contributed by atoms with Crippen LogP contribution in [0.25, 0.3) is 0 Å². The van der Waals surface area contributed by atoms with Crippen LogP contribution in [0.15, 0.2) is 40.9 Å². The first-order valence-corrected chi connectivity index (χ1v) is 11.0. The second kappa shape index (κ2) is 10.3. The monoisotopic (exact) mass is 475 g/mol. The van der Waals surface area contributed by atoms with Gasteiger partial charge in [0.2, 0.25) is 5.91 Å². The molecule has 1 N–H and O–H groups in total. The van der Waals surface area contributed by atoms with E-state index in [1.807, 2.05) is 44.4 Å². The number of methoxy groups -OCH3 is 1. The summed E-state index contributed by atoms with van der Waals surface area (Å²) < 4.78 is 12.2. The number of carbonyl (C=O) groups excluding carboxylic acids is 1. The fourth-order valence-corrected chi connectivity index (χ4v) is 3.94. The molecule has 0 aromatic heterocycles. The van der Waals surface area contributed by atoms with E-state index in [1.54, 1.807) is 7.11 Å². The van der Waals surface area contributed by atoms with E-state index in [1.165, 1.54) is 5.56 Å². The molecule has 2 aromatic carbocycles. The zero-order chi connectivity index (χ0) is 21.7. The highest BCUT2D eigenvalue weighted by atomic mass is 79.9. The molecule has 2 aromatic rings. The van der Waals surface area contributed by atoms with Crippen molar-refractivity contribution in [1.29, 1.82) is 0 Å². The van der Waals surface area contributed by atoms with Crippen molar-refractivity contribution in [3.63, 3.8) is 0 Å². The van der Waals surface area contributed by atoms with Crippen molar-refractivity contribution in [2.45, 2.75) is 25.9 Å². The number of halogens is 1. The lowest BCUT2D eigenvalue weighted by Gasteiger charge is -2.35. The lowest BCUT2D eigenvalue weighted by atomic mass is 9.93. The maximum Gasteiger partial charge on any atom is 0.242 e. The van der Waals surface area contributed by atoms with Crippen molar-refractivity contribution in [2.24, 2.45) is 0 Å². The van der Waals surface area contributed by atoms with Crippen LogP contribution in [-0.4, -0.2) is 62.7 Å². The molecule has 3 rings (SSSR count). The number of fused-ring (bicyclic) bond motifs is 1. The first-order valence-electron chi connectivity index (χ1n) is 10.2. The SMILES string of the molecule is CCN1Cc2ccc(OC)cc2C[C@@H]1C(=O)Nc1ccc(Br)cc1OCCN(C)C. The molecule has 0 aliphatic carbocycles. The van der Waals surface area contributed by atoms with Gasteiger partial charge in [0, 0.05) is 17.6 Å². The van der Waals surface area contributed by atoms with E-state index in [2.05, 4.69) is 44.0 Å². The van der Waals surface area contributed by atoms with Gasteiger partial charge in [0.1, 0.15) is 18.1 Å². The highest BCUT2D eigenvalue weighted by molar-refractivity contribution is 9.10. The van der Waals surface area contributed by atoms with E-state index in [4.69, 9.17) is 9.47 Å². The van der Waals surface area contributed by atoms with E-state index in [9.17, 15) is 4.79 Å². The molecular formula is C23H30BrN3O3. The molecule has 0 radical (unpaired) electrons. The summed E-state index contributed by atoms with van der Waals surface area (Å²) in [6.45, 7) is 4.98. The number of carbonyl (C=O) groups is 1. The third-order valence-corrected chi connectivity index (χ3v) is 5.84. The Balaban J connectivity index is 1.77. The van der Waals surface area contributed by atoms with Crippen LogP contribution in [0.5, 0.6) is 11.5 Å². The molecule has 1 atom stereocenters. The minimum absolute atomic E-state index is 0.0231. The molecule has 0 saturated carbocycles. The minimum atomic E-state index is -0.243. The topological polar surface area (TPSA) is 54.0 Å². The van der Waals surface area contributed by atoms with Gasteiger partial charge in [-0.25, -0.2) is 0 Å². The molecule has 162 valence electrons. The van der Waals surface area contributed by atoms with Gasteiger partial charge in [0.15, 0.2) is 0 Å². The summed E-state index contributed by atoms with van der Waals surface area (Å²) in [6.07, 6.45) is 0.652. The zero-order valence-electron chi connectivity index (χ0n) is 18.1. The number of nitrogens with zero attached hydrogens (tertiary/aromatic N) is 2. The van der Waals surface area contributed by atoms with Gasteiger partial charge in [-0.3, -0.25) is 9.69 Å². The van der Waals surface area contributed by atoms with Gasteiger partial charge in [0.25, 0.3) is 0 Å². The molecule has 1 aliphatic rings. The van der Waals surface area contributed by atoms with Crippen LogP contribution in [0, 0.1) is 0 Å². The maximum atomic E-state index is 13.3. The normalized spacial score (nSPS) is 16.3. The number of hydrogen-bond donors (Lipinski definition) is 1. The number of likely N-dealkylation sites (N-methyl/N-ethyl adjacent to an activating group) is 2. The summed E-state index contributed by atoms with van der Waals surface area (Å²) in [5.41, 5.74) is 3.10. The van der Waals surface area contributed by atoms with Crippen molar-refractivity contribution < 1.29 is 14.3 Å². The number of anilines is 1. The lowest BCUT2D eigenvalue weighted by Crippen LogP contribution is -2.47. The summed E-state index contributed by atoms with van der Waals surface area (Å²) >= 11 is 3.49. The van der Waals surface area contributed by atoms with E-state index < -0.39 is 0 Å². The van der Waals surface area contributed by atoms with E-state index in [-0.39, 0.29) is 11.9 Å². The molecule has 0 bridgehead atoms. The second-order valence-corrected chi connectivity index (χ2v) is 8.61. The number of rotatable bonds is 8. The molecule has 0 saturated heterocycles. The highest BCUT2D eigenvalue weighted by Gasteiger charge is 2.31. The van der Waals surface area contributed by atoms with Crippen molar-refractivity contribution >= 4 is 27.5 Å². The van der Waals surface area contributed by atoms with Gasteiger partial charge in [-0.05, 0) is 68.5 Å². The van der Waals surface area contributed by atoms with Crippen molar-refractivity contribution in [2.75, 3.05) is 46.2 Å². The predicted octanol–water partition coefficient (Wildman–Crippen LogP) is 3.78. The van der Waals surface area contributed by atoms with Gasteiger partial charge in [-0.15, -0.1) is 0 Å². The molecule has 7 heteroatoms. The Morgan fingerprint density at radius 2 is 2.03 bits per heavy atom. The Morgan fingerprint density at radius 1 is 1.23 bits per heavy atom. The summed E-state index contributed by atoms with van der Waals surface area (Å²) in [4.78, 5) is 17.5. The van der Waals surface area contributed by atoms with Crippen LogP contribution in [-0.2, 0) is 17.8 Å². The van der Waals surface area contributed by atoms with Crippen molar-refractivity contribution in [3.8, 4) is 11.5 Å². The largest absolute Gasteiger partial charge is 0.497 e. The van der Waals surface area contributed by atoms with Gasteiger partial charge in [-0.1, -0.05) is 28.9 Å². The standard InChI is InChI=1S/C23H30BrN3O3/c1-5-27-15-16-6-8-19(29-4)12-17(16)13-21(27)23(28)25-20-9-7-18(24)14-22(20)30-11-10-26(2)3/h6-9,12,14,21H,5,10-11,13,15H2,1-4H3,(H,25,28)/t21-/m1/s1.